The number of hydrogen-bond donors (Lipinski definition) is 0. The van der Waals surface area contributed by atoms with E-state index in [1.807, 2.05) is 0 Å². The molecule has 17 heavy (non-hydrogen) atoms. The zero-order chi connectivity index (χ0) is 12.4. The molecule has 1 aromatic heterocycles. The quantitative estimate of drug-likeness (QED) is 0.761. The number of methoxy groups -OCH3 is 1. The zero-order valence-corrected chi connectivity index (χ0v) is 10.7. The lowest BCUT2D eigenvalue weighted by Gasteiger charge is -2.23. The van der Waals surface area contributed by atoms with Crippen molar-refractivity contribution in [2.24, 2.45) is 0 Å². The number of anilines is 1. The second-order valence-electron chi connectivity index (χ2n) is 4.21. The molecule has 1 saturated heterocycles. The van der Waals surface area contributed by atoms with Crippen LogP contribution in [-0.2, 0) is 4.74 Å². The van der Waals surface area contributed by atoms with E-state index in [1.54, 1.807) is 6.07 Å². The first-order valence-electron chi connectivity index (χ1n) is 5.64. The van der Waals surface area contributed by atoms with Crippen LogP contribution in [0.4, 0.5) is 5.82 Å². The maximum absolute atomic E-state index is 11.5. The highest BCUT2D eigenvalue weighted by atomic mass is 35.5. The number of hydrogen-bond acceptors (Lipinski definition) is 4. The fourth-order valence-electron chi connectivity index (χ4n) is 2.11. The summed E-state index contributed by atoms with van der Waals surface area (Å²) in [7, 11) is 1.34. The van der Waals surface area contributed by atoms with Crippen LogP contribution in [0.3, 0.4) is 0 Å². The van der Waals surface area contributed by atoms with Crippen LogP contribution in [-0.4, -0.2) is 30.6 Å². The van der Waals surface area contributed by atoms with Gasteiger partial charge in [0, 0.05) is 17.6 Å². The monoisotopic (exact) mass is 254 g/mol. The van der Waals surface area contributed by atoms with Crippen LogP contribution in [0.2, 0.25) is 5.02 Å². The Morgan fingerprint density at radius 1 is 1.59 bits per heavy atom. The lowest BCUT2D eigenvalue weighted by atomic mass is 10.2. The number of pyridine rings is 1. The van der Waals surface area contributed by atoms with Crippen LogP contribution in [0.5, 0.6) is 0 Å². The van der Waals surface area contributed by atoms with E-state index in [1.165, 1.54) is 13.2 Å². The predicted molar refractivity (Wildman–Crippen MR) is 66.6 cm³/mol. The zero-order valence-electron chi connectivity index (χ0n) is 9.94. The summed E-state index contributed by atoms with van der Waals surface area (Å²) in [5.41, 5.74) is 0.258. The van der Waals surface area contributed by atoms with Crippen LogP contribution >= 0.6 is 11.6 Å². The molecule has 0 amide bonds. The van der Waals surface area contributed by atoms with Crippen LogP contribution in [0.15, 0.2) is 12.1 Å². The molecule has 0 radical (unpaired) electrons. The number of rotatable bonds is 2. The van der Waals surface area contributed by atoms with Crippen molar-refractivity contribution in [1.82, 2.24) is 4.98 Å². The maximum Gasteiger partial charge on any atom is 0.356 e. The van der Waals surface area contributed by atoms with Gasteiger partial charge < -0.3 is 9.64 Å². The Morgan fingerprint density at radius 2 is 2.35 bits per heavy atom. The predicted octanol–water partition coefficient (Wildman–Crippen LogP) is 2.51. The van der Waals surface area contributed by atoms with E-state index in [9.17, 15) is 4.79 Å². The average molecular weight is 255 g/mol. The molecule has 4 nitrogen and oxygen atoms in total. The SMILES string of the molecule is COC(=O)c1cc(Cl)cc(N2CCC[C@H]2C)n1. The molecule has 1 fully saturated rings. The van der Waals surface area contributed by atoms with E-state index < -0.39 is 5.97 Å². The van der Waals surface area contributed by atoms with Crippen molar-refractivity contribution in [3.05, 3.63) is 22.8 Å². The summed E-state index contributed by atoms with van der Waals surface area (Å²) < 4.78 is 4.66. The van der Waals surface area contributed by atoms with Crippen molar-refractivity contribution < 1.29 is 9.53 Å². The van der Waals surface area contributed by atoms with Gasteiger partial charge in [0.15, 0.2) is 5.69 Å². The van der Waals surface area contributed by atoms with Crippen LogP contribution in [0.25, 0.3) is 0 Å². The largest absolute Gasteiger partial charge is 0.464 e. The first-order chi connectivity index (χ1) is 8.11. The standard InChI is InChI=1S/C12H15ClN2O2/c1-8-4-3-5-15(8)11-7-9(13)6-10(14-11)12(16)17-2/h6-8H,3-5H2,1-2H3/t8-/m1/s1. The van der Waals surface area contributed by atoms with Gasteiger partial charge in [-0.3, -0.25) is 0 Å². The van der Waals surface area contributed by atoms with Crippen molar-refractivity contribution in [3.8, 4) is 0 Å². The fourth-order valence-corrected chi connectivity index (χ4v) is 2.31. The van der Waals surface area contributed by atoms with Gasteiger partial charge in [0.25, 0.3) is 0 Å². The number of carbonyl (C=O) groups excluding carboxylic acids is 1. The molecule has 0 bridgehead atoms. The number of aromatic nitrogens is 1. The van der Waals surface area contributed by atoms with Crippen molar-refractivity contribution >= 4 is 23.4 Å². The second kappa shape index (κ2) is 4.92. The molecule has 5 heteroatoms. The molecule has 0 unspecified atom stereocenters. The molecular formula is C12H15ClN2O2. The van der Waals surface area contributed by atoms with Crippen molar-refractivity contribution in [3.63, 3.8) is 0 Å². The number of ether oxygens (including phenoxy) is 1. The van der Waals surface area contributed by atoms with E-state index in [0.29, 0.717) is 11.1 Å². The van der Waals surface area contributed by atoms with Gasteiger partial charge in [0.05, 0.1) is 7.11 Å². The van der Waals surface area contributed by atoms with E-state index in [4.69, 9.17) is 11.6 Å². The number of carbonyl (C=O) groups is 1. The smallest absolute Gasteiger partial charge is 0.356 e. The minimum Gasteiger partial charge on any atom is -0.464 e. The molecule has 2 heterocycles. The van der Waals surface area contributed by atoms with Crippen LogP contribution < -0.4 is 4.90 Å². The summed E-state index contributed by atoms with van der Waals surface area (Å²) in [6.07, 6.45) is 2.28. The lowest BCUT2D eigenvalue weighted by molar-refractivity contribution is 0.0594. The molecule has 0 aliphatic carbocycles. The molecule has 0 saturated carbocycles. The first kappa shape index (κ1) is 12.2. The molecule has 0 spiro atoms. The highest BCUT2D eigenvalue weighted by molar-refractivity contribution is 6.31. The molecule has 0 N–H and O–H groups in total. The van der Waals surface area contributed by atoms with Crippen molar-refractivity contribution in [1.29, 1.82) is 0 Å². The number of nitrogens with zero attached hydrogens (tertiary/aromatic N) is 2. The van der Waals surface area contributed by atoms with Gasteiger partial charge in [0.1, 0.15) is 5.82 Å². The Morgan fingerprint density at radius 3 is 2.94 bits per heavy atom. The first-order valence-corrected chi connectivity index (χ1v) is 6.02. The summed E-state index contributed by atoms with van der Waals surface area (Å²) in [4.78, 5) is 17.9. The molecule has 1 atom stereocenters. The van der Waals surface area contributed by atoms with Gasteiger partial charge in [-0.2, -0.15) is 0 Å². The maximum atomic E-state index is 11.5. The second-order valence-corrected chi connectivity index (χ2v) is 4.64. The van der Waals surface area contributed by atoms with E-state index in [2.05, 4.69) is 21.5 Å². The van der Waals surface area contributed by atoms with Crippen LogP contribution in [0.1, 0.15) is 30.3 Å². The Kier molecular flexibility index (Phi) is 3.52. The number of halogens is 1. The summed E-state index contributed by atoms with van der Waals surface area (Å²) in [5, 5.41) is 0.509. The highest BCUT2D eigenvalue weighted by Gasteiger charge is 2.23. The van der Waals surface area contributed by atoms with Gasteiger partial charge in [-0.05, 0) is 31.9 Å². The molecule has 1 aliphatic heterocycles. The topological polar surface area (TPSA) is 42.4 Å². The summed E-state index contributed by atoms with van der Waals surface area (Å²) in [6.45, 7) is 3.10. The minimum absolute atomic E-state index is 0.258. The third kappa shape index (κ3) is 2.52. The average Bonchev–Trinajstić information content (AvgIpc) is 2.73. The van der Waals surface area contributed by atoms with E-state index >= 15 is 0 Å². The van der Waals surface area contributed by atoms with Crippen molar-refractivity contribution in [2.75, 3.05) is 18.6 Å². The molecule has 2 rings (SSSR count). The van der Waals surface area contributed by atoms with Crippen LogP contribution in [0, 0.1) is 0 Å². The normalized spacial score (nSPS) is 19.5. The highest BCUT2D eigenvalue weighted by Crippen LogP contribution is 2.26. The van der Waals surface area contributed by atoms with E-state index in [-0.39, 0.29) is 5.69 Å². The Bertz CT molecular complexity index is 437. The third-order valence-corrected chi connectivity index (χ3v) is 3.24. The summed E-state index contributed by atoms with van der Waals surface area (Å²) in [6, 6.07) is 3.75. The molecule has 1 aliphatic rings. The minimum atomic E-state index is -0.458. The van der Waals surface area contributed by atoms with Crippen molar-refractivity contribution in [2.45, 2.75) is 25.8 Å². The van der Waals surface area contributed by atoms with Gasteiger partial charge in [-0.1, -0.05) is 11.6 Å². The van der Waals surface area contributed by atoms with E-state index in [0.717, 1.165) is 25.2 Å². The van der Waals surface area contributed by atoms with Gasteiger partial charge in [-0.15, -0.1) is 0 Å². The molecule has 1 aromatic rings. The molecule has 0 aromatic carbocycles. The Labute approximate surface area is 106 Å². The number of esters is 1. The van der Waals surface area contributed by atoms with Gasteiger partial charge in [-0.25, -0.2) is 9.78 Å². The Balaban J connectivity index is 2.34. The Hall–Kier alpha value is -1.29. The lowest BCUT2D eigenvalue weighted by Crippen LogP contribution is -2.27. The summed E-state index contributed by atoms with van der Waals surface area (Å²) >= 11 is 6.00. The third-order valence-electron chi connectivity index (χ3n) is 3.02. The fraction of sp³-hybridized carbons (Fsp3) is 0.500. The summed E-state index contributed by atoms with van der Waals surface area (Å²) in [5.74, 6) is 0.295. The van der Waals surface area contributed by atoms with Gasteiger partial charge >= 0.3 is 5.97 Å². The van der Waals surface area contributed by atoms with Gasteiger partial charge in [0.2, 0.25) is 0 Å². The molecular weight excluding hydrogens is 240 g/mol. The molecule has 92 valence electrons.